The van der Waals surface area contributed by atoms with E-state index < -0.39 is 0 Å². The summed E-state index contributed by atoms with van der Waals surface area (Å²) in [7, 11) is 0. The minimum atomic E-state index is 0.0921. The van der Waals surface area contributed by atoms with Crippen LogP contribution in [0.25, 0.3) is 10.9 Å². The number of fused-ring (bicyclic) bond motifs is 1. The van der Waals surface area contributed by atoms with Gasteiger partial charge in [-0.05, 0) is 12.5 Å². The number of hydrogen-bond acceptors (Lipinski definition) is 3. The lowest BCUT2D eigenvalue weighted by atomic mass is 9.94. The topological polar surface area (TPSA) is 53.2 Å². The predicted molar refractivity (Wildman–Crippen MR) is 82.5 cm³/mol. The summed E-state index contributed by atoms with van der Waals surface area (Å²) in [5.41, 5.74) is 1.73. The van der Waals surface area contributed by atoms with E-state index in [1.165, 1.54) is 0 Å². The van der Waals surface area contributed by atoms with Crippen molar-refractivity contribution in [3.8, 4) is 0 Å². The molecule has 0 bridgehead atoms. The van der Waals surface area contributed by atoms with E-state index >= 15 is 0 Å². The molecular weight excluding hydrogens is 264 g/mol. The Morgan fingerprint density at radius 3 is 3.00 bits per heavy atom. The van der Waals surface area contributed by atoms with Gasteiger partial charge >= 0.3 is 0 Å². The zero-order valence-corrected chi connectivity index (χ0v) is 12.3. The first-order valence-corrected chi connectivity index (χ1v) is 7.53. The molecule has 1 N–H and O–H groups in total. The first-order valence-electron chi connectivity index (χ1n) is 7.53. The maximum absolute atomic E-state index is 12.5. The van der Waals surface area contributed by atoms with Crippen LogP contribution in [-0.2, 0) is 4.79 Å². The van der Waals surface area contributed by atoms with Crippen LogP contribution in [0, 0.1) is 5.92 Å². The Labute approximate surface area is 124 Å². The van der Waals surface area contributed by atoms with E-state index in [1.54, 1.807) is 6.20 Å². The van der Waals surface area contributed by atoms with Gasteiger partial charge in [0.15, 0.2) is 5.78 Å². The Kier molecular flexibility index (Phi) is 3.88. The predicted octanol–water partition coefficient (Wildman–Crippen LogP) is 2.65. The van der Waals surface area contributed by atoms with Gasteiger partial charge in [-0.1, -0.05) is 25.1 Å². The molecule has 4 heteroatoms. The highest BCUT2D eigenvalue weighted by molar-refractivity contribution is 6.08. The number of H-pyrrole nitrogens is 1. The van der Waals surface area contributed by atoms with Crippen molar-refractivity contribution in [3.63, 3.8) is 0 Å². The number of benzene rings is 1. The summed E-state index contributed by atoms with van der Waals surface area (Å²) in [4.78, 5) is 29.5. The molecule has 4 nitrogen and oxygen atoms in total. The second-order valence-electron chi connectivity index (χ2n) is 5.73. The first-order chi connectivity index (χ1) is 10.2. The molecule has 0 amide bonds. The second-order valence-corrected chi connectivity index (χ2v) is 5.73. The number of hydrogen-bond donors (Lipinski definition) is 1. The maximum atomic E-state index is 12.5. The summed E-state index contributed by atoms with van der Waals surface area (Å²) in [6.07, 6.45) is 3.22. The van der Waals surface area contributed by atoms with Gasteiger partial charge in [-0.15, -0.1) is 0 Å². The van der Waals surface area contributed by atoms with Gasteiger partial charge in [-0.3, -0.25) is 14.5 Å². The fraction of sp³-hybridized carbons (Fsp3) is 0.412. The molecular formula is C17H20N2O2. The van der Waals surface area contributed by atoms with Crippen LogP contribution in [0.5, 0.6) is 0 Å². The highest BCUT2D eigenvalue weighted by Gasteiger charge is 2.27. The van der Waals surface area contributed by atoms with Gasteiger partial charge in [0.25, 0.3) is 0 Å². The van der Waals surface area contributed by atoms with Gasteiger partial charge < -0.3 is 4.98 Å². The number of ketones is 2. The first kappa shape index (κ1) is 14.0. The fourth-order valence-electron chi connectivity index (χ4n) is 3.07. The van der Waals surface area contributed by atoms with Crippen molar-refractivity contribution in [1.82, 2.24) is 9.88 Å². The Bertz CT molecular complexity index is 674. The summed E-state index contributed by atoms with van der Waals surface area (Å²) in [5.74, 6) is 0.555. The van der Waals surface area contributed by atoms with Crippen LogP contribution in [-0.4, -0.2) is 41.1 Å². The van der Waals surface area contributed by atoms with E-state index in [-0.39, 0.29) is 11.7 Å². The Morgan fingerprint density at radius 1 is 1.38 bits per heavy atom. The molecule has 0 saturated carbocycles. The molecule has 1 fully saturated rings. The zero-order valence-electron chi connectivity index (χ0n) is 12.3. The van der Waals surface area contributed by atoms with Crippen LogP contribution in [0.1, 0.15) is 30.1 Å². The van der Waals surface area contributed by atoms with Crippen molar-refractivity contribution in [2.45, 2.75) is 19.8 Å². The van der Waals surface area contributed by atoms with E-state index in [4.69, 9.17) is 0 Å². The number of Topliss-reactive ketones (excluding diaryl/α,β-unsaturated/α-hetero) is 2. The van der Waals surface area contributed by atoms with E-state index in [0.717, 1.165) is 22.9 Å². The summed E-state index contributed by atoms with van der Waals surface area (Å²) < 4.78 is 0. The van der Waals surface area contributed by atoms with Gasteiger partial charge in [0.2, 0.25) is 0 Å². The van der Waals surface area contributed by atoms with E-state index in [9.17, 15) is 9.59 Å². The van der Waals surface area contributed by atoms with E-state index in [0.29, 0.717) is 31.8 Å². The highest BCUT2D eigenvalue weighted by atomic mass is 16.1. The monoisotopic (exact) mass is 284 g/mol. The molecule has 1 atom stereocenters. The van der Waals surface area contributed by atoms with Crippen molar-refractivity contribution in [1.29, 1.82) is 0 Å². The smallest absolute Gasteiger partial charge is 0.178 e. The lowest BCUT2D eigenvalue weighted by Crippen LogP contribution is -2.42. The van der Waals surface area contributed by atoms with Gasteiger partial charge in [-0.2, -0.15) is 0 Å². The maximum Gasteiger partial charge on any atom is 0.178 e. The molecule has 1 aromatic carbocycles. The van der Waals surface area contributed by atoms with Crippen LogP contribution in [0.3, 0.4) is 0 Å². The Morgan fingerprint density at radius 2 is 2.19 bits per heavy atom. The van der Waals surface area contributed by atoms with Crippen LogP contribution in [0.4, 0.5) is 0 Å². The number of carbonyl (C=O) groups is 2. The molecule has 2 heterocycles. The number of nitrogens with zero attached hydrogens (tertiary/aromatic N) is 1. The van der Waals surface area contributed by atoms with E-state index in [1.807, 2.05) is 31.2 Å². The number of nitrogens with one attached hydrogen (secondary N) is 1. The van der Waals surface area contributed by atoms with Crippen molar-refractivity contribution >= 4 is 22.5 Å². The average Bonchev–Trinajstić information content (AvgIpc) is 2.93. The lowest BCUT2D eigenvalue weighted by Gasteiger charge is -2.30. The number of aromatic amines is 1. The molecule has 1 aliphatic rings. The zero-order chi connectivity index (χ0) is 14.8. The second kappa shape index (κ2) is 5.82. The molecule has 1 saturated heterocycles. The van der Waals surface area contributed by atoms with Crippen molar-refractivity contribution in [3.05, 3.63) is 36.0 Å². The van der Waals surface area contributed by atoms with E-state index in [2.05, 4.69) is 9.88 Å². The van der Waals surface area contributed by atoms with Crippen molar-refractivity contribution in [2.24, 2.45) is 5.92 Å². The number of rotatable bonds is 4. The minimum absolute atomic E-state index is 0.0921. The average molecular weight is 284 g/mol. The van der Waals surface area contributed by atoms with Crippen LogP contribution >= 0.6 is 0 Å². The standard InChI is InChI=1S/C17H20N2O2/c1-2-12-10-19(8-7-16(12)20)11-17(21)14-9-18-15-6-4-3-5-13(14)15/h3-6,9,12,18H,2,7-8,10-11H2,1H3. The molecule has 1 aliphatic heterocycles. The SMILES string of the molecule is CCC1CN(CC(=O)c2c[nH]c3ccccc23)CCC1=O. The number of likely N-dealkylation sites (tertiary alicyclic amines) is 1. The minimum Gasteiger partial charge on any atom is -0.360 e. The number of para-hydroxylation sites is 1. The highest BCUT2D eigenvalue weighted by Crippen LogP contribution is 2.20. The third-order valence-electron chi connectivity index (χ3n) is 4.36. The number of piperidine rings is 1. The molecule has 0 radical (unpaired) electrons. The Balaban J connectivity index is 1.73. The van der Waals surface area contributed by atoms with Crippen molar-refractivity contribution < 1.29 is 9.59 Å². The van der Waals surface area contributed by atoms with Crippen LogP contribution in [0.2, 0.25) is 0 Å². The van der Waals surface area contributed by atoms with Gasteiger partial charge in [0.1, 0.15) is 5.78 Å². The summed E-state index contributed by atoms with van der Waals surface area (Å²) in [5, 5.41) is 0.975. The fourth-order valence-corrected chi connectivity index (χ4v) is 3.07. The third kappa shape index (κ3) is 2.76. The van der Waals surface area contributed by atoms with Crippen molar-refractivity contribution in [2.75, 3.05) is 19.6 Å². The number of aromatic nitrogens is 1. The quantitative estimate of drug-likeness (QED) is 0.878. The molecule has 3 rings (SSSR count). The van der Waals surface area contributed by atoms with Gasteiger partial charge in [0, 0.05) is 48.1 Å². The molecule has 0 aliphatic carbocycles. The van der Waals surface area contributed by atoms with Crippen LogP contribution in [0.15, 0.2) is 30.5 Å². The molecule has 2 aromatic rings. The summed E-state index contributed by atoms with van der Waals surface area (Å²) in [6.45, 7) is 3.84. The Hall–Kier alpha value is -1.94. The molecule has 1 unspecified atom stereocenters. The molecule has 110 valence electrons. The molecule has 1 aromatic heterocycles. The third-order valence-corrected chi connectivity index (χ3v) is 4.36. The molecule has 21 heavy (non-hydrogen) atoms. The normalized spacial score (nSPS) is 20.0. The van der Waals surface area contributed by atoms with Gasteiger partial charge in [0.05, 0.1) is 6.54 Å². The largest absolute Gasteiger partial charge is 0.360 e. The summed E-state index contributed by atoms with van der Waals surface area (Å²) >= 11 is 0. The van der Waals surface area contributed by atoms with Gasteiger partial charge in [-0.25, -0.2) is 0 Å². The number of carbonyl (C=O) groups excluding carboxylic acids is 2. The van der Waals surface area contributed by atoms with Crippen LogP contribution < -0.4 is 0 Å². The summed E-state index contributed by atoms with van der Waals surface area (Å²) in [6, 6.07) is 7.83. The lowest BCUT2D eigenvalue weighted by molar-refractivity contribution is -0.126. The molecule has 0 spiro atoms.